The van der Waals surface area contributed by atoms with E-state index in [2.05, 4.69) is 10.1 Å². The van der Waals surface area contributed by atoms with Crippen LogP contribution in [-0.2, 0) is 0 Å². The Labute approximate surface area is 97.0 Å². The molecule has 0 saturated carbocycles. The number of hydrogen-bond donors (Lipinski definition) is 2. The van der Waals surface area contributed by atoms with E-state index in [0.29, 0.717) is 22.6 Å². The number of anilines is 2. The zero-order valence-corrected chi connectivity index (χ0v) is 8.92. The van der Waals surface area contributed by atoms with Gasteiger partial charge >= 0.3 is 0 Å². The molecule has 0 fully saturated rings. The van der Waals surface area contributed by atoms with Crippen molar-refractivity contribution in [3.63, 3.8) is 0 Å². The molecule has 84 valence electrons. The van der Waals surface area contributed by atoms with Gasteiger partial charge in [0, 0.05) is 17.4 Å². The molecule has 0 saturated heterocycles. The maximum atomic E-state index is 5.74. The van der Waals surface area contributed by atoms with Crippen molar-refractivity contribution in [1.29, 1.82) is 0 Å². The first kappa shape index (κ1) is 9.65. The molecule has 3 aromatic rings. The molecule has 4 N–H and O–H groups in total. The standard InChI is InChI=1S/C12H10N4O/c13-9-3-1-2-7(4-9)8-5-10-11(14)16-17-12(10)15-6-8/h1-6H,13H2,(H2,14,16). The van der Waals surface area contributed by atoms with Crippen LogP contribution < -0.4 is 11.5 Å². The third-order valence-electron chi connectivity index (χ3n) is 2.58. The van der Waals surface area contributed by atoms with Gasteiger partial charge in [0.25, 0.3) is 5.71 Å². The number of benzene rings is 1. The number of nitrogens with two attached hydrogens (primary N) is 2. The molecule has 5 heteroatoms. The molecule has 0 amide bonds. The van der Waals surface area contributed by atoms with E-state index >= 15 is 0 Å². The number of nitrogen functional groups attached to an aromatic ring is 2. The SMILES string of the molecule is Nc1cccc(-c2cnc3onc(N)c3c2)c1. The van der Waals surface area contributed by atoms with E-state index < -0.39 is 0 Å². The zero-order valence-electron chi connectivity index (χ0n) is 8.92. The third kappa shape index (κ3) is 1.57. The van der Waals surface area contributed by atoms with Crippen LogP contribution in [0.1, 0.15) is 0 Å². The average Bonchev–Trinajstić information content (AvgIpc) is 2.71. The summed E-state index contributed by atoms with van der Waals surface area (Å²) in [5, 5.41) is 4.38. The van der Waals surface area contributed by atoms with Crippen molar-refractivity contribution in [3.05, 3.63) is 36.5 Å². The molecule has 0 unspecified atom stereocenters. The van der Waals surface area contributed by atoms with Gasteiger partial charge in [0.2, 0.25) is 0 Å². The molecule has 3 rings (SSSR count). The first-order valence-corrected chi connectivity index (χ1v) is 5.11. The van der Waals surface area contributed by atoms with Crippen LogP contribution in [0.2, 0.25) is 0 Å². The summed E-state index contributed by atoms with van der Waals surface area (Å²) in [4.78, 5) is 4.16. The van der Waals surface area contributed by atoms with Gasteiger partial charge in [-0.25, -0.2) is 4.98 Å². The van der Waals surface area contributed by atoms with Crippen LogP contribution in [0, 0.1) is 0 Å². The number of hydrogen-bond acceptors (Lipinski definition) is 5. The zero-order chi connectivity index (χ0) is 11.8. The molecule has 0 aliphatic heterocycles. The van der Waals surface area contributed by atoms with Crippen LogP contribution in [-0.4, -0.2) is 10.1 Å². The minimum atomic E-state index is 0.346. The van der Waals surface area contributed by atoms with Crippen LogP contribution in [0.25, 0.3) is 22.2 Å². The smallest absolute Gasteiger partial charge is 0.259 e. The van der Waals surface area contributed by atoms with Gasteiger partial charge in [-0.15, -0.1) is 0 Å². The van der Waals surface area contributed by atoms with Gasteiger partial charge in [-0.3, -0.25) is 0 Å². The maximum absolute atomic E-state index is 5.74. The van der Waals surface area contributed by atoms with Gasteiger partial charge in [-0.2, -0.15) is 0 Å². The van der Waals surface area contributed by atoms with E-state index in [9.17, 15) is 0 Å². The van der Waals surface area contributed by atoms with Gasteiger partial charge in [0.15, 0.2) is 5.82 Å². The van der Waals surface area contributed by atoms with E-state index in [4.69, 9.17) is 16.0 Å². The number of pyridine rings is 1. The Hall–Kier alpha value is -2.56. The normalized spacial score (nSPS) is 10.8. The summed E-state index contributed by atoms with van der Waals surface area (Å²) < 4.78 is 4.95. The predicted octanol–water partition coefficient (Wildman–Crippen LogP) is 2.05. The van der Waals surface area contributed by atoms with Gasteiger partial charge in [-0.1, -0.05) is 17.3 Å². The molecule has 0 spiro atoms. The Kier molecular flexibility index (Phi) is 1.98. The van der Waals surface area contributed by atoms with E-state index in [1.807, 2.05) is 30.3 Å². The second-order valence-corrected chi connectivity index (χ2v) is 3.77. The second kappa shape index (κ2) is 3.48. The number of rotatable bonds is 1. The second-order valence-electron chi connectivity index (χ2n) is 3.77. The third-order valence-corrected chi connectivity index (χ3v) is 2.58. The van der Waals surface area contributed by atoms with Gasteiger partial charge in [0.1, 0.15) is 0 Å². The topological polar surface area (TPSA) is 91.0 Å². The molecular weight excluding hydrogens is 216 g/mol. The lowest BCUT2D eigenvalue weighted by molar-refractivity contribution is 0.452. The van der Waals surface area contributed by atoms with Crippen molar-refractivity contribution in [2.75, 3.05) is 11.5 Å². The van der Waals surface area contributed by atoms with E-state index in [-0.39, 0.29) is 0 Å². The Bertz CT molecular complexity index is 690. The summed E-state index contributed by atoms with van der Waals surface area (Å²) in [7, 11) is 0. The number of fused-ring (bicyclic) bond motifs is 1. The Morgan fingerprint density at radius 1 is 1.06 bits per heavy atom. The van der Waals surface area contributed by atoms with Crippen LogP contribution in [0.4, 0.5) is 11.5 Å². The largest absolute Gasteiger partial charge is 0.399 e. The quantitative estimate of drug-likeness (QED) is 0.619. The highest BCUT2D eigenvalue weighted by atomic mass is 16.5. The first-order chi connectivity index (χ1) is 8.24. The summed E-state index contributed by atoms with van der Waals surface area (Å²) in [5.74, 6) is 0.346. The molecule has 5 nitrogen and oxygen atoms in total. The molecule has 0 aliphatic rings. The van der Waals surface area contributed by atoms with Gasteiger partial charge in [-0.05, 0) is 23.8 Å². The monoisotopic (exact) mass is 226 g/mol. The molecule has 17 heavy (non-hydrogen) atoms. The summed E-state index contributed by atoms with van der Waals surface area (Å²) in [6.45, 7) is 0. The van der Waals surface area contributed by atoms with Crippen LogP contribution in [0.3, 0.4) is 0 Å². The summed E-state index contributed by atoms with van der Waals surface area (Å²) >= 11 is 0. The summed E-state index contributed by atoms with van der Waals surface area (Å²) in [6, 6.07) is 9.47. The molecule has 0 radical (unpaired) electrons. The van der Waals surface area contributed by atoms with Crippen molar-refractivity contribution in [3.8, 4) is 11.1 Å². The van der Waals surface area contributed by atoms with Crippen LogP contribution in [0.5, 0.6) is 0 Å². The van der Waals surface area contributed by atoms with Crippen molar-refractivity contribution >= 4 is 22.6 Å². The fourth-order valence-electron chi connectivity index (χ4n) is 1.73. The van der Waals surface area contributed by atoms with E-state index in [1.54, 1.807) is 6.20 Å². The Balaban J connectivity index is 2.20. The summed E-state index contributed by atoms with van der Waals surface area (Å²) in [6.07, 6.45) is 1.71. The van der Waals surface area contributed by atoms with Crippen molar-refractivity contribution in [2.24, 2.45) is 0 Å². The molecule has 0 atom stereocenters. The fourth-order valence-corrected chi connectivity index (χ4v) is 1.73. The molecule has 1 aromatic carbocycles. The molecular formula is C12H10N4O. The minimum Gasteiger partial charge on any atom is -0.399 e. The number of nitrogens with zero attached hydrogens (tertiary/aromatic N) is 2. The predicted molar refractivity (Wildman–Crippen MR) is 66.1 cm³/mol. The molecule has 0 aliphatic carbocycles. The highest BCUT2D eigenvalue weighted by Gasteiger charge is 2.08. The molecule has 2 aromatic heterocycles. The van der Waals surface area contributed by atoms with E-state index in [1.165, 1.54) is 0 Å². The lowest BCUT2D eigenvalue weighted by atomic mass is 10.1. The Morgan fingerprint density at radius 3 is 2.76 bits per heavy atom. The fraction of sp³-hybridized carbons (Fsp3) is 0. The van der Waals surface area contributed by atoms with Gasteiger partial charge < -0.3 is 16.0 Å². The highest BCUT2D eigenvalue weighted by molar-refractivity contribution is 5.88. The minimum absolute atomic E-state index is 0.346. The lowest BCUT2D eigenvalue weighted by Crippen LogP contribution is -1.87. The highest BCUT2D eigenvalue weighted by Crippen LogP contribution is 2.26. The number of aromatic nitrogens is 2. The lowest BCUT2D eigenvalue weighted by Gasteiger charge is -2.01. The van der Waals surface area contributed by atoms with Gasteiger partial charge in [0.05, 0.1) is 5.39 Å². The van der Waals surface area contributed by atoms with Crippen molar-refractivity contribution in [2.45, 2.75) is 0 Å². The Morgan fingerprint density at radius 2 is 1.94 bits per heavy atom. The van der Waals surface area contributed by atoms with Crippen molar-refractivity contribution in [1.82, 2.24) is 10.1 Å². The summed E-state index contributed by atoms with van der Waals surface area (Å²) in [5.41, 5.74) is 14.5. The van der Waals surface area contributed by atoms with Crippen molar-refractivity contribution < 1.29 is 4.52 Å². The average molecular weight is 226 g/mol. The maximum Gasteiger partial charge on any atom is 0.259 e. The van der Waals surface area contributed by atoms with Crippen LogP contribution in [0.15, 0.2) is 41.1 Å². The first-order valence-electron chi connectivity index (χ1n) is 5.11. The molecule has 2 heterocycles. The molecule has 0 bridgehead atoms. The van der Waals surface area contributed by atoms with Crippen LogP contribution >= 0.6 is 0 Å². The van der Waals surface area contributed by atoms with E-state index in [0.717, 1.165) is 11.1 Å².